The van der Waals surface area contributed by atoms with Crippen LogP contribution in [0.5, 0.6) is 0 Å². The van der Waals surface area contributed by atoms with Crippen molar-refractivity contribution in [2.24, 2.45) is 0 Å². The summed E-state index contributed by atoms with van der Waals surface area (Å²) in [5, 5.41) is 10.8. The molecule has 0 aliphatic carbocycles. The highest BCUT2D eigenvalue weighted by Gasteiger charge is 2.20. The van der Waals surface area contributed by atoms with Gasteiger partial charge in [-0.25, -0.2) is 21.6 Å². The summed E-state index contributed by atoms with van der Waals surface area (Å²) in [6.07, 6.45) is 2.25. The van der Waals surface area contributed by atoms with Gasteiger partial charge in [0.15, 0.2) is 16.2 Å². The van der Waals surface area contributed by atoms with Crippen molar-refractivity contribution < 1.29 is 16.8 Å². The summed E-state index contributed by atoms with van der Waals surface area (Å²) in [4.78, 5) is 1.00. The molecule has 0 fully saturated rings. The molecule has 0 spiro atoms. The predicted molar refractivity (Wildman–Crippen MR) is 80.3 cm³/mol. The van der Waals surface area contributed by atoms with Crippen molar-refractivity contribution in [3.05, 3.63) is 29.0 Å². The lowest BCUT2D eigenvalue weighted by atomic mass is 10.4. The number of benzene rings is 1. The number of halogens is 1. The van der Waals surface area contributed by atoms with Gasteiger partial charge in [0.2, 0.25) is 10.0 Å². The fourth-order valence-corrected chi connectivity index (χ4v) is 4.30. The van der Waals surface area contributed by atoms with Crippen LogP contribution in [-0.4, -0.2) is 49.8 Å². The van der Waals surface area contributed by atoms with Crippen molar-refractivity contribution in [3.8, 4) is 0 Å². The number of hydrogen-bond donors (Lipinski definition) is 1. The molecule has 0 amide bonds. The Bertz CT molecular complexity index is 865. The quantitative estimate of drug-likeness (QED) is 0.701. The highest BCUT2D eigenvalue weighted by atomic mass is 79.9. The second kappa shape index (κ2) is 6.40. The third kappa shape index (κ3) is 4.09. The first-order valence-electron chi connectivity index (χ1n) is 5.90. The molecule has 12 heteroatoms. The van der Waals surface area contributed by atoms with E-state index in [1.54, 1.807) is 0 Å². The normalized spacial score (nSPS) is 12.5. The molecule has 0 atom stereocenters. The molecule has 2 rings (SSSR count). The van der Waals surface area contributed by atoms with Gasteiger partial charge in [0.05, 0.1) is 16.3 Å². The number of rotatable bonds is 6. The Balaban J connectivity index is 2.21. The van der Waals surface area contributed by atoms with Crippen LogP contribution in [0.25, 0.3) is 0 Å². The van der Waals surface area contributed by atoms with E-state index in [1.807, 2.05) is 0 Å². The van der Waals surface area contributed by atoms with E-state index in [-0.39, 0.29) is 27.4 Å². The second-order valence-corrected chi connectivity index (χ2v) is 8.90. The number of nitrogens with one attached hydrogen (secondary N) is 1. The van der Waals surface area contributed by atoms with E-state index in [1.165, 1.54) is 23.3 Å². The first-order chi connectivity index (χ1) is 10.2. The molecule has 120 valence electrons. The molecule has 2 aromatic rings. The summed E-state index contributed by atoms with van der Waals surface area (Å²) >= 11 is 3.11. The van der Waals surface area contributed by atoms with E-state index in [9.17, 15) is 16.8 Å². The van der Waals surface area contributed by atoms with Gasteiger partial charge in [0.1, 0.15) is 0 Å². The molecular weight excluding hydrogens is 398 g/mol. The maximum Gasteiger partial charge on any atom is 0.241 e. The van der Waals surface area contributed by atoms with Crippen molar-refractivity contribution >= 4 is 35.8 Å². The van der Waals surface area contributed by atoms with Gasteiger partial charge in [-0.15, -0.1) is 10.2 Å². The van der Waals surface area contributed by atoms with Crippen molar-refractivity contribution in [2.45, 2.75) is 16.3 Å². The van der Waals surface area contributed by atoms with Gasteiger partial charge >= 0.3 is 0 Å². The van der Waals surface area contributed by atoms with Crippen LogP contribution in [0.2, 0.25) is 0 Å². The van der Waals surface area contributed by atoms with Gasteiger partial charge in [-0.2, -0.15) is 4.80 Å². The van der Waals surface area contributed by atoms with E-state index in [0.717, 1.165) is 12.3 Å². The zero-order valence-electron chi connectivity index (χ0n) is 11.3. The standard InChI is InChI=1S/C10H12BrN5O4S2/c1-21(17,18)8-2-3-9(11)10(6-8)22(19,20)14-4-5-16-13-7-12-15-16/h2-3,6-7,14H,4-5H2,1H3. The van der Waals surface area contributed by atoms with Gasteiger partial charge < -0.3 is 0 Å². The third-order valence-corrected chi connectivity index (χ3v) is 6.18. The highest BCUT2D eigenvalue weighted by Crippen LogP contribution is 2.25. The molecule has 0 saturated carbocycles. The number of tetrazole rings is 1. The first kappa shape index (κ1) is 17.0. The lowest BCUT2D eigenvalue weighted by Crippen LogP contribution is -2.28. The maximum atomic E-state index is 12.3. The van der Waals surface area contributed by atoms with Crippen LogP contribution in [0.4, 0.5) is 0 Å². The van der Waals surface area contributed by atoms with E-state index in [4.69, 9.17) is 0 Å². The Kier molecular flexibility index (Phi) is 4.94. The summed E-state index contributed by atoms with van der Waals surface area (Å²) in [5.41, 5.74) is 0. The van der Waals surface area contributed by atoms with Gasteiger partial charge in [-0.05, 0) is 39.3 Å². The molecule has 1 aromatic carbocycles. The smallest absolute Gasteiger partial charge is 0.224 e. The molecule has 0 aliphatic heterocycles. The fraction of sp³-hybridized carbons (Fsp3) is 0.300. The SMILES string of the molecule is CS(=O)(=O)c1ccc(Br)c(S(=O)(=O)NCCn2ncnn2)c1. The Morgan fingerprint density at radius 1 is 1.27 bits per heavy atom. The van der Waals surface area contributed by atoms with Crippen LogP contribution in [0.3, 0.4) is 0 Å². The second-order valence-electron chi connectivity index (χ2n) is 4.29. The molecule has 0 bridgehead atoms. The van der Waals surface area contributed by atoms with Crippen molar-refractivity contribution in [2.75, 3.05) is 12.8 Å². The number of sulfone groups is 1. The number of sulfonamides is 1. The number of hydrogen-bond acceptors (Lipinski definition) is 7. The molecule has 1 N–H and O–H groups in total. The molecule has 0 unspecified atom stereocenters. The minimum atomic E-state index is -3.88. The molecule has 0 aliphatic rings. The Hall–Kier alpha value is -1.37. The summed E-state index contributed by atoms with van der Waals surface area (Å²) in [6.45, 7) is 0.233. The molecule has 22 heavy (non-hydrogen) atoms. The van der Waals surface area contributed by atoms with Crippen LogP contribution in [-0.2, 0) is 26.4 Å². The highest BCUT2D eigenvalue weighted by molar-refractivity contribution is 9.10. The van der Waals surface area contributed by atoms with Crippen molar-refractivity contribution in [3.63, 3.8) is 0 Å². The van der Waals surface area contributed by atoms with E-state index >= 15 is 0 Å². The van der Waals surface area contributed by atoms with Crippen LogP contribution < -0.4 is 4.72 Å². The van der Waals surface area contributed by atoms with E-state index in [0.29, 0.717) is 0 Å². The lowest BCUT2D eigenvalue weighted by molar-refractivity contribution is 0.510. The topological polar surface area (TPSA) is 124 Å². The van der Waals surface area contributed by atoms with Crippen LogP contribution in [0.1, 0.15) is 0 Å². The van der Waals surface area contributed by atoms with Gasteiger partial charge in [-0.3, -0.25) is 0 Å². The Labute approximate surface area is 135 Å². The summed E-state index contributed by atoms with van der Waals surface area (Å²) < 4.78 is 50.2. The average molecular weight is 410 g/mol. The molecule has 0 radical (unpaired) electrons. The van der Waals surface area contributed by atoms with Crippen LogP contribution >= 0.6 is 15.9 Å². The monoisotopic (exact) mass is 409 g/mol. The first-order valence-corrected chi connectivity index (χ1v) is 10.1. The number of aromatic nitrogens is 4. The van der Waals surface area contributed by atoms with Crippen molar-refractivity contribution in [1.82, 2.24) is 24.9 Å². The minimum Gasteiger partial charge on any atom is -0.224 e. The fourth-order valence-electron chi connectivity index (χ4n) is 1.57. The molecule has 1 aromatic heterocycles. The molecular formula is C10H12BrN5O4S2. The minimum absolute atomic E-state index is 0.0359. The van der Waals surface area contributed by atoms with Gasteiger partial charge in [-0.1, -0.05) is 0 Å². The molecule has 0 saturated heterocycles. The summed E-state index contributed by atoms with van der Waals surface area (Å²) in [7, 11) is -7.38. The van der Waals surface area contributed by atoms with Crippen molar-refractivity contribution in [1.29, 1.82) is 0 Å². The number of nitrogens with zero attached hydrogens (tertiary/aromatic N) is 4. The Morgan fingerprint density at radius 2 is 2.00 bits per heavy atom. The summed E-state index contributed by atoms with van der Waals surface area (Å²) in [6, 6.07) is 3.82. The Morgan fingerprint density at radius 3 is 2.59 bits per heavy atom. The maximum absolute atomic E-state index is 12.3. The predicted octanol–water partition coefficient (Wildman–Crippen LogP) is -0.182. The zero-order chi connectivity index (χ0) is 16.4. The average Bonchev–Trinajstić information content (AvgIpc) is 2.90. The largest absolute Gasteiger partial charge is 0.241 e. The zero-order valence-corrected chi connectivity index (χ0v) is 14.6. The van der Waals surface area contributed by atoms with Crippen LogP contribution in [0, 0.1) is 0 Å². The van der Waals surface area contributed by atoms with Gasteiger partial charge in [0, 0.05) is 17.3 Å². The van der Waals surface area contributed by atoms with Gasteiger partial charge in [0.25, 0.3) is 0 Å². The molecule has 1 heterocycles. The van der Waals surface area contributed by atoms with Crippen LogP contribution in [0.15, 0.2) is 38.8 Å². The summed E-state index contributed by atoms with van der Waals surface area (Å²) in [5.74, 6) is 0. The third-order valence-electron chi connectivity index (χ3n) is 2.62. The lowest BCUT2D eigenvalue weighted by Gasteiger charge is -2.09. The molecule has 9 nitrogen and oxygen atoms in total. The van der Waals surface area contributed by atoms with E-state index < -0.39 is 19.9 Å². The van der Waals surface area contributed by atoms with E-state index in [2.05, 4.69) is 36.1 Å².